The number of carboxylic acid groups (broad SMARTS) is 1. The van der Waals surface area contributed by atoms with Gasteiger partial charge in [0, 0.05) is 37.8 Å². The molecule has 0 bridgehead atoms. The normalized spacial score (nSPS) is 15.4. The summed E-state index contributed by atoms with van der Waals surface area (Å²) in [4.78, 5) is 25.5. The summed E-state index contributed by atoms with van der Waals surface area (Å²) in [5, 5.41) is 13.0. The van der Waals surface area contributed by atoms with Gasteiger partial charge >= 0.3 is 5.97 Å². The van der Waals surface area contributed by atoms with Crippen molar-refractivity contribution in [3.05, 3.63) is 17.0 Å². The summed E-state index contributed by atoms with van der Waals surface area (Å²) < 4.78 is 10.7. The number of hydrogen-bond donors (Lipinski definition) is 1. The van der Waals surface area contributed by atoms with Gasteiger partial charge in [-0.15, -0.1) is 0 Å². The maximum absolute atomic E-state index is 12.9. The van der Waals surface area contributed by atoms with Crippen LogP contribution in [-0.2, 0) is 33.6 Å². The van der Waals surface area contributed by atoms with Gasteiger partial charge in [0.1, 0.15) is 5.76 Å². The standard InChI is InChI=1S/C17H26N2O5/c1-3-14-13(15(4-2)24-18-14)11-16(20)19(8-5-17(21)22)12-6-9-23-10-7-12/h12H,3-11H2,1-2H3,(H,21,22). The molecular weight excluding hydrogens is 312 g/mol. The number of rotatable bonds is 8. The van der Waals surface area contributed by atoms with E-state index in [9.17, 15) is 9.59 Å². The van der Waals surface area contributed by atoms with Crippen LogP contribution in [0.3, 0.4) is 0 Å². The molecule has 0 unspecified atom stereocenters. The van der Waals surface area contributed by atoms with Gasteiger partial charge in [0.05, 0.1) is 18.5 Å². The molecule has 0 aliphatic carbocycles. The predicted molar refractivity (Wildman–Crippen MR) is 86.8 cm³/mol. The van der Waals surface area contributed by atoms with Gasteiger partial charge in [-0.2, -0.15) is 0 Å². The first-order chi connectivity index (χ1) is 11.6. The maximum atomic E-state index is 12.9. The third kappa shape index (κ3) is 4.56. The Hall–Kier alpha value is -1.89. The van der Waals surface area contributed by atoms with Crippen LogP contribution in [0, 0.1) is 0 Å². The van der Waals surface area contributed by atoms with Crippen molar-refractivity contribution in [2.75, 3.05) is 19.8 Å². The molecule has 1 fully saturated rings. The van der Waals surface area contributed by atoms with Gasteiger partial charge in [-0.3, -0.25) is 9.59 Å². The van der Waals surface area contributed by atoms with Crippen LogP contribution in [0.15, 0.2) is 4.52 Å². The molecule has 134 valence electrons. The second-order valence-electron chi connectivity index (χ2n) is 5.99. The first kappa shape index (κ1) is 18.4. The van der Waals surface area contributed by atoms with Gasteiger partial charge in [-0.25, -0.2) is 0 Å². The first-order valence-electron chi connectivity index (χ1n) is 8.62. The van der Waals surface area contributed by atoms with Crippen LogP contribution in [0.5, 0.6) is 0 Å². The fraction of sp³-hybridized carbons (Fsp3) is 0.706. The lowest BCUT2D eigenvalue weighted by Crippen LogP contribution is -2.45. The van der Waals surface area contributed by atoms with Gasteiger partial charge in [0.2, 0.25) is 5.91 Å². The van der Waals surface area contributed by atoms with Crippen molar-refractivity contribution in [1.29, 1.82) is 0 Å². The molecule has 1 aliphatic heterocycles. The highest BCUT2D eigenvalue weighted by Crippen LogP contribution is 2.21. The quantitative estimate of drug-likeness (QED) is 0.777. The van der Waals surface area contributed by atoms with E-state index in [0.29, 0.717) is 26.1 Å². The van der Waals surface area contributed by atoms with Crippen LogP contribution in [0.25, 0.3) is 0 Å². The average Bonchev–Trinajstić information content (AvgIpc) is 2.97. The minimum Gasteiger partial charge on any atom is -0.481 e. The zero-order chi connectivity index (χ0) is 17.5. The number of carbonyl (C=O) groups is 2. The van der Waals surface area contributed by atoms with Gasteiger partial charge < -0.3 is 19.3 Å². The van der Waals surface area contributed by atoms with Crippen LogP contribution in [-0.4, -0.2) is 52.8 Å². The monoisotopic (exact) mass is 338 g/mol. The zero-order valence-electron chi connectivity index (χ0n) is 14.4. The predicted octanol–water partition coefficient (Wildman–Crippen LogP) is 1.82. The Morgan fingerprint density at radius 2 is 1.96 bits per heavy atom. The summed E-state index contributed by atoms with van der Waals surface area (Å²) in [5.74, 6) is -0.213. The molecule has 1 saturated heterocycles. The highest BCUT2D eigenvalue weighted by atomic mass is 16.5. The molecule has 7 heteroatoms. The Kier molecular flexibility index (Phi) is 6.78. The van der Waals surface area contributed by atoms with Crippen molar-refractivity contribution >= 4 is 11.9 Å². The number of nitrogens with zero attached hydrogens (tertiary/aromatic N) is 2. The first-order valence-corrected chi connectivity index (χ1v) is 8.62. The molecule has 1 amide bonds. The molecule has 1 aromatic rings. The smallest absolute Gasteiger partial charge is 0.305 e. The molecule has 1 aliphatic rings. The van der Waals surface area contributed by atoms with Crippen LogP contribution in [0.4, 0.5) is 0 Å². The molecule has 0 atom stereocenters. The Balaban J connectivity index is 2.14. The van der Waals surface area contributed by atoms with Crippen molar-refractivity contribution in [3.63, 3.8) is 0 Å². The number of aliphatic carboxylic acids is 1. The molecule has 2 heterocycles. The van der Waals surface area contributed by atoms with Crippen LogP contribution >= 0.6 is 0 Å². The Morgan fingerprint density at radius 1 is 1.25 bits per heavy atom. The molecule has 24 heavy (non-hydrogen) atoms. The number of aromatic nitrogens is 1. The summed E-state index contributed by atoms with van der Waals surface area (Å²) in [6.07, 6.45) is 3.05. The van der Waals surface area contributed by atoms with Crippen LogP contribution in [0.1, 0.15) is 50.1 Å². The largest absolute Gasteiger partial charge is 0.481 e. The molecule has 7 nitrogen and oxygen atoms in total. The number of amides is 1. The number of hydrogen-bond acceptors (Lipinski definition) is 5. The van der Waals surface area contributed by atoms with Gasteiger partial charge in [0.15, 0.2) is 0 Å². The lowest BCUT2D eigenvalue weighted by Gasteiger charge is -2.34. The SMILES string of the molecule is CCc1noc(CC)c1CC(=O)N(CCC(=O)O)C1CCOCC1. The third-order valence-corrected chi connectivity index (χ3v) is 4.45. The van der Waals surface area contributed by atoms with Gasteiger partial charge in [-0.1, -0.05) is 19.0 Å². The summed E-state index contributed by atoms with van der Waals surface area (Å²) in [6, 6.07) is 0.0422. The van der Waals surface area contributed by atoms with E-state index < -0.39 is 5.97 Å². The van der Waals surface area contributed by atoms with Crippen molar-refractivity contribution in [2.45, 2.75) is 58.4 Å². The fourth-order valence-electron chi connectivity index (χ4n) is 3.11. The van der Waals surface area contributed by atoms with Crippen molar-refractivity contribution in [3.8, 4) is 0 Å². The lowest BCUT2D eigenvalue weighted by molar-refractivity contribution is -0.140. The van der Waals surface area contributed by atoms with Gasteiger partial charge in [-0.05, 0) is 19.3 Å². The molecule has 2 rings (SSSR count). The fourth-order valence-corrected chi connectivity index (χ4v) is 3.11. The minimum absolute atomic E-state index is 0.0422. The molecule has 1 N–H and O–H groups in total. The summed E-state index contributed by atoms with van der Waals surface area (Å²) in [6.45, 7) is 5.39. The van der Waals surface area contributed by atoms with Crippen molar-refractivity contribution < 1.29 is 24.0 Å². The van der Waals surface area contributed by atoms with E-state index in [1.165, 1.54) is 0 Å². The number of carboxylic acids is 1. The number of carbonyl (C=O) groups excluding carboxylic acids is 1. The number of aryl methyl sites for hydroxylation is 2. The molecule has 0 saturated carbocycles. The van der Waals surface area contributed by atoms with E-state index in [1.54, 1.807) is 4.90 Å². The molecule has 0 radical (unpaired) electrons. The maximum Gasteiger partial charge on any atom is 0.305 e. The average molecular weight is 338 g/mol. The van der Waals surface area contributed by atoms with E-state index in [1.807, 2.05) is 13.8 Å². The second kappa shape index (κ2) is 8.82. The van der Waals surface area contributed by atoms with E-state index in [2.05, 4.69) is 5.16 Å². The molecular formula is C17H26N2O5. The zero-order valence-corrected chi connectivity index (χ0v) is 14.4. The van der Waals surface area contributed by atoms with Crippen molar-refractivity contribution in [1.82, 2.24) is 10.1 Å². The third-order valence-electron chi connectivity index (χ3n) is 4.45. The molecule has 0 aromatic carbocycles. The van der Waals surface area contributed by atoms with E-state index in [0.717, 1.165) is 29.9 Å². The Labute approximate surface area is 141 Å². The Bertz CT molecular complexity index is 542. The van der Waals surface area contributed by atoms with Crippen molar-refractivity contribution in [2.24, 2.45) is 0 Å². The second-order valence-corrected chi connectivity index (χ2v) is 5.99. The topological polar surface area (TPSA) is 92.9 Å². The minimum atomic E-state index is -0.895. The summed E-state index contributed by atoms with van der Waals surface area (Å²) >= 11 is 0. The molecule has 0 spiro atoms. The number of ether oxygens (including phenoxy) is 1. The van der Waals surface area contributed by atoms with Gasteiger partial charge in [0.25, 0.3) is 0 Å². The molecule has 1 aromatic heterocycles. The highest BCUT2D eigenvalue weighted by molar-refractivity contribution is 5.80. The lowest BCUT2D eigenvalue weighted by atomic mass is 10.0. The Morgan fingerprint density at radius 3 is 2.54 bits per heavy atom. The van der Waals surface area contributed by atoms with E-state index >= 15 is 0 Å². The summed E-state index contributed by atoms with van der Waals surface area (Å²) in [7, 11) is 0. The van der Waals surface area contributed by atoms with Crippen LogP contribution in [0.2, 0.25) is 0 Å². The van der Waals surface area contributed by atoms with E-state index in [-0.39, 0.29) is 31.3 Å². The van der Waals surface area contributed by atoms with Crippen LogP contribution < -0.4 is 0 Å². The van der Waals surface area contributed by atoms with E-state index in [4.69, 9.17) is 14.4 Å². The summed E-state index contributed by atoms with van der Waals surface area (Å²) in [5.41, 5.74) is 1.67. The highest BCUT2D eigenvalue weighted by Gasteiger charge is 2.28.